The second-order valence-electron chi connectivity index (χ2n) is 5.63. The van der Waals surface area contributed by atoms with E-state index in [2.05, 4.69) is 0 Å². The van der Waals surface area contributed by atoms with Crippen LogP contribution in [0.1, 0.15) is 26.5 Å². The zero-order valence-corrected chi connectivity index (χ0v) is 12.3. The monoisotopic (exact) mass is 279 g/mol. The van der Waals surface area contributed by atoms with Crippen molar-refractivity contribution in [1.29, 1.82) is 0 Å². The fourth-order valence-corrected chi connectivity index (χ4v) is 2.60. The van der Waals surface area contributed by atoms with Crippen LogP contribution in [0.4, 0.5) is 5.69 Å². The smallest absolute Gasteiger partial charge is 0.294 e. The molecule has 0 aliphatic heterocycles. The van der Waals surface area contributed by atoms with Crippen LogP contribution in [0.25, 0.3) is 5.69 Å². The summed E-state index contributed by atoms with van der Waals surface area (Å²) in [6, 6.07) is 7.16. The van der Waals surface area contributed by atoms with E-state index in [4.69, 9.17) is 17.3 Å². The quantitative estimate of drug-likeness (QED) is 0.873. The van der Waals surface area contributed by atoms with Crippen molar-refractivity contribution in [3.05, 3.63) is 45.3 Å². The minimum atomic E-state index is -0.213. The zero-order valence-electron chi connectivity index (χ0n) is 11.6. The van der Waals surface area contributed by atoms with Crippen LogP contribution in [-0.2, 0) is 12.5 Å². The summed E-state index contributed by atoms with van der Waals surface area (Å²) in [5, 5.41) is 0.585. The molecule has 1 aromatic carbocycles. The van der Waals surface area contributed by atoms with Gasteiger partial charge in [-0.2, -0.15) is 0 Å². The molecule has 0 bridgehead atoms. The summed E-state index contributed by atoms with van der Waals surface area (Å²) in [6.45, 7) is 6.08. The molecule has 0 atom stereocenters. The van der Waals surface area contributed by atoms with E-state index in [1.807, 2.05) is 40.0 Å². The topological polar surface area (TPSA) is 52.9 Å². The third kappa shape index (κ3) is 2.28. The maximum atomic E-state index is 12.3. The van der Waals surface area contributed by atoms with Crippen molar-refractivity contribution >= 4 is 17.3 Å². The number of benzene rings is 1. The van der Waals surface area contributed by atoms with Crippen LogP contribution in [0.2, 0.25) is 5.02 Å². The molecule has 2 N–H and O–H groups in total. The Morgan fingerprint density at radius 3 is 2.37 bits per heavy atom. The highest BCUT2D eigenvalue weighted by Crippen LogP contribution is 2.27. The van der Waals surface area contributed by atoms with E-state index in [9.17, 15) is 4.79 Å². The van der Waals surface area contributed by atoms with Crippen molar-refractivity contribution in [2.45, 2.75) is 26.2 Å². The molecule has 0 aliphatic carbocycles. The van der Waals surface area contributed by atoms with Gasteiger partial charge in [0.05, 0.1) is 11.4 Å². The van der Waals surface area contributed by atoms with Crippen molar-refractivity contribution < 1.29 is 0 Å². The standard InChI is InChI=1S/C14H18ClN3O/c1-14(2,3)12-11(16)13(19)18(17(12)4)10-7-5-6-9(15)8-10/h5-8H,16H2,1-4H3. The fourth-order valence-electron chi connectivity index (χ4n) is 2.41. The van der Waals surface area contributed by atoms with E-state index >= 15 is 0 Å². The molecule has 0 spiro atoms. The van der Waals surface area contributed by atoms with Crippen LogP contribution < -0.4 is 11.3 Å². The normalized spacial score (nSPS) is 11.8. The average Bonchev–Trinajstić information content (AvgIpc) is 2.49. The first-order chi connectivity index (χ1) is 8.73. The number of nitrogens with zero attached hydrogens (tertiary/aromatic N) is 2. The van der Waals surface area contributed by atoms with E-state index in [-0.39, 0.29) is 16.7 Å². The first-order valence-corrected chi connectivity index (χ1v) is 6.45. The molecule has 0 saturated carbocycles. The number of rotatable bonds is 1. The highest BCUT2D eigenvalue weighted by Gasteiger charge is 2.26. The summed E-state index contributed by atoms with van der Waals surface area (Å²) in [5.74, 6) is 0. The van der Waals surface area contributed by atoms with Gasteiger partial charge in [-0.25, -0.2) is 4.68 Å². The first kappa shape index (κ1) is 13.7. The number of nitrogen functional groups attached to an aromatic ring is 1. The molecule has 0 unspecified atom stereocenters. The minimum Gasteiger partial charge on any atom is -0.393 e. The molecular formula is C14H18ClN3O. The molecule has 2 rings (SSSR count). The molecular weight excluding hydrogens is 262 g/mol. The van der Waals surface area contributed by atoms with Crippen LogP contribution >= 0.6 is 11.6 Å². The number of hydrogen-bond donors (Lipinski definition) is 1. The Morgan fingerprint density at radius 2 is 1.89 bits per heavy atom. The highest BCUT2D eigenvalue weighted by atomic mass is 35.5. The lowest BCUT2D eigenvalue weighted by atomic mass is 9.91. The van der Waals surface area contributed by atoms with Crippen molar-refractivity contribution in [2.75, 3.05) is 5.73 Å². The molecule has 102 valence electrons. The van der Waals surface area contributed by atoms with E-state index in [0.29, 0.717) is 10.7 Å². The Balaban J connectivity index is 2.77. The summed E-state index contributed by atoms with van der Waals surface area (Å²) in [6.07, 6.45) is 0. The molecule has 19 heavy (non-hydrogen) atoms. The van der Waals surface area contributed by atoms with Crippen LogP contribution in [-0.4, -0.2) is 9.36 Å². The summed E-state index contributed by atoms with van der Waals surface area (Å²) in [4.78, 5) is 12.3. The van der Waals surface area contributed by atoms with Gasteiger partial charge < -0.3 is 5.73 Å². The predicted molar refractivity (Wildman–Crippen MR) is 79.1 cm³/mol. The number of halogens is 1. The third-order valence-electron chi connectivity index (χ3n) is 3.06. The van der Waals surface area contributed by atoms with Crippen molar-refractivity contribution in [3.8, 4) is 5.69 Å². The van der Waals surface area contributed by atoms with Crippen LogP contribution in [0.3, 0.4) is 0 Å². The third-order valence-corrected chi connectivity index (χ3v) is 3.30. The summed E-state index contributed by atoms with van der Waals surface area (Å²) in [7, 11) is 1.83. The average molecular weight is 280 g/mol. The van der Waals surface area contributed by atoms with E-state index in [0.717, 1.165) is 5.69 Å². The number of nitrogens with two attached hydrogens (primary N) is 1. The van der Waals surface area contributed by atoms with Gasteiger partial charge in [0.1, 0.15) is 5.69 Å². The fraction of sp³-hybridized carbons (Fsp3) is 0.357. The highest BCUT2D eigenvalue weighted by molar-refractivity contribution is 6.30. The van der Waals surface area contributed by atoms with Gasteiger partial charge in [0.15, 0.2) is 0 Å². The number of anilines is 1. The molecule has 0 saturated heterocycles. The molecule has 1 heterocycles. The van der Waals surface area contributed by atoms with Gasteiger partial charge >= 0.3 is 0 Å². The van der Waals surface area contributed by atoms with Crippen LogP contribution in [0.15, 0.2) is 29.1 Å². The Kier molecular flexibility index (Phi) is 3.22. The first-order valence-electron chi connectivity index (χ1n) is 6.07. The predicted octanol–water partition coefficient (Wildman–Crippen LogP) is 2.71. The van der Waals surface area contributed by atoms with E-state index in [1.165, 1.54) is 0 Å². The van der Waals surface area contributed by atoms with Crippen molar-refractivity contribution in [2.24, 2.45) is 7.05 Å². The second-order valence-corrected chi connectivity index (χ2v) is 6.07. The second kappa shape index (κ2) is 4.46. The lowest BCUT2D eigenvalue weighted by Gasteiger charge is -2.21. The molecule has 0 amide bonds. The van der Waals surface area contributed by atoms with E-state index < -0.39 is 0 Å². The molecule has 4 nitrogen and oxygen atoms in total. The number of aromatic nitrogens is 2. The molecule has 5 heteroatoms. The summed E-state index contributed by atoms with van der Waals surface area (Å²) < 4.78 is 3.34. The molecule has 0 fully saturated rings. The largest absolute Gasteiger partial charge is 0.393 e. The van der Waals surface area contributed by atoms with Crippen molar-refractivity contribution in [3.63, 3.8) is 0 Å². The maximum Gasteiger partial charge on any atom is 0.294 e. The lowest BCUT2D eigenvalue weighted by Crippen LogP contribution is -2.22. The number of hydrogen-bond acceptors (Lipinski definition) is 2. The summed E-state index contributed by atoms with van der Waals surface area (Å²) >= 11 is 5.98. The Bertz CT molecular complexity index is 677. The minimum absolute atomic E-state index is 0.207. The zero-order chi connectivity index (χ0) is 14.4. The van der Waals surface area contributed by atoms with Gasteiger partial charge in [0.2, 0.25) is 0 Å². The maximum absolute atomic E-state index is 12.3. The van der Waals surface area contributed by atoms with Gasteiger partial charge in [0.25, 0.3) is 5.56 Å². The van der Waals surface area contributed by atoms with E-state index in [1.54, 1.807) is 21.5 Å². The van der Waals surface area contributed by atoms with Gasteiger partial charge in [-0.3, -0.25) is 9.48 Å². The van der Waals surface area contributed by atoms with Gasteiger partial charge in [-0.05, 0) is 18.2 Å². The molecule has 1 aromatic heterocycles. The van der Waals surface area contributed by atoms with Crippen LogP contribution in [0, 0.1) is 0 Å². The van der Waals surface area contributed by atoms with Crippen molar-refractivity contribution in [1.82, 2.24) is 9.36 Å². The Labute approximate surface area is 117 Å². The Morgan fingerprint density at radius 1 is 1.26 bits per heavy atom. The van der Waals surface area contributed by atoms with Gasteiger partial charge in [-0.15, -0.1) is 0 Å². The Hall–Kier alpha value is -1.68. The SMILES string of the molecule is Cn1c(C(C)(C)C)c(N)c(=O)n1-c1cccc(Cl)c1. The molecule has 0 radical (unpaired) electrons. The molecule has 2 aromatic rings. The summed E-state index contributed by atoms with van der Waals surface area (Å²) in [5.41, 5.74) is 7.37. The molecule has 0 aliphatic rings. The lowest BCUT2D eigenvalue weighted by molar-refractivity contribution is 0.501. The van der Waals surface area contributed by atoms with Crippen LogP contribution in [0.5, 0.6) is 0 Å². The van der Waals surface area contributed by atoms with Gasteiger partial charge in [-0.1, -0.05) is 38.4 Å². The van der Waals surface area contributed by atoms with Gasteiger partial charge in [0, 0.05) is 17.5 Å².